The summed E-state index contributed by atoms with van der Waals surface area (Å²) in [4.78, 5) is 0. The average Bonchev–Trinajstić information content (AvgIpc) is 2.18. The van der Waals surface area contributed by atoms with E-state index in [1.54, 1.807) is 13.0 Å². The first kappa shape index (κ1) is 4.04. The lowest BCUT2D eigenvalue weighted by Gasteiger charge is -1.94. The highest BCUT2D eigenvalue weighted by molar-refractivity contribution is 5.21. The van der Waals surface area contributed by atoms with E-state index in [-0.39, 0.29) is 7.24 Å². The van der Waals surface area contributed by atoms with Crippen LogP contribution in [0.25, 0.3) is 0 Å². The highest BCUT2D eigenvalue weighted by Crippen LogP contribution is 2.06. The molecule has 0 aliphatic heterocycles. The molecule has 0 radical (unpaired) electrons. The van der Waals surface area contributed by atoms with Gasteiger partial charge in [0, 0.05) is 7.37 Å². The smallest absolute Gasteiger partial charge is 0.126 e. The summed E-state index contributed by atoms with van der Waals surface area (Å²) in [5.41, 5.74) is 1.68. The fourth-order valence-corrected chi connectivity index (χ4v) is 0.698. The minimum atomic E-state index is -0.116. The summed E-state index contributed by atoms with van der Waals surface area (Å²) in [6.45, 7) is 3.64. The van der Waals surface area contributed by atoms with Crippen molar-refractivity contribution in [3.63, 3.8) is 0 Å². The van der Waals surface area contributed by atoms with Gasteiger partial charge in [0.25, 0.3) is 0 Å². The van der Waals surface area contributed by atoms with Gasteiger partial charge in [-0.25, -0.2) is 4.39 Å². The first-order valence-corrected chi connectivity index (χ1v) is 2.93. The van der Waals surface area contributed by atoms with Gasteiger partial charge in [0.05, 0.1) is 0 Å². The highest BCUT2D eigenvalue weighted by atomic mass is 19.1. The fraction of sp³-hybridized carbons (Fsp3) is 0.250. The van der Waals surface area contributed by atoms with Crippen molar-refractivity contribution in [3.05, 3.63) is 35.1 Å². The Kier molecular flexibility index (Phi) is 0.977. The molecule has 0 amide bonds. The summed E-state index contributed by atoms with van der Waals surface area (Å²) in [6.07, 6.45) is 0. The zero-order chi connectivity index (χ0) is 10.9. The van der Waals surface area contributed by atoms with Crippen LogP contribution in [-0.4, -0.2) is 0 Å². The molecule has 54 valence electrons. The molecule has 1 rings (SSSR count). The average molecular weight is 135 g/mol. The summed E-state index contributed by atoms with van der Waals surface area (Å²) in [5, 5.41) is 0. The second kappa shape index (κ2) is 2.18. The van der Waals surface area contributed by atoms with Gasteiger partial charge in [-0.05, 0) is 31.0 Å². The molecule has 0 bridgehead atoms. The standard InChI is InChI=1S/C8H9F.3H2/c1-6-3-4-7(2)8(9)5-6;;;/h3-5H,1-2H3;3*1H/i;2*1+1D;1+1. The molecule has 0 spiro atoms. The number of hydrogen-bond donors (Lipinski definition) is 0. The van der Waals surface area contributed by atoms with Gasteiger partial charge in [-0.3, -0.25) is 0 Å². The van der Waals surface area contributed by atoms with Crippen molar-refractivity contribution in [2.75, 3.05) is 0 Å². The number of hydrogen-bond acceptors (Lipinski definition) is 0. The van der Waals surface area contributed by atoms with Crippen molar-refractivity contribution in [2.24, 2.45) is 0 Å². The lowest BCUT2D eigenvalue weighted by Crippen LogP contribution is -1.81. The van der Waals surface area contributed by atoms with Crippen LogP contribution in [0.3, 0.4) is 0 Å². The van der Waals surface area contributed by atoms with Crippen LogP contribution in [-0.2, 0) is 0 Å². The summed E-state index contributed by atoms with van der Waals surface area (Å²) in [6, 6.07) is 5.22. The van der Waals surface area contributed by atoms with Gasteiger partial charge in [0.15, 0.2) is 0 Å². The van der Waals surface area contributed by atoms with Gasteiger partial charge in [0.2, 0.25) is 0 Å². The SMILES string of the molecule is Cc1ccc(C)c(F)c1.[2HH].[2H][2H].[2H][2H]. The number of aryl methyl sites for hydroxylation is 2. The van der Waals surface area contributed by atoms with E-state index in [9.17, 15) is 4.39 Å². The second-order valence-corrected chi connectivity index (χ2v) is 2.25. The quantitative estimate of drug-likeness (QED) is 0.512. The Morgan fingerprint density at radius 3 is 2.56 bits per heavy atom. The van der Waals surface area contributed by atoms with Crippen LogP contribution in [0.5, 0.6) is 0 Å². The van der Waals surface area contributed by atoms with Crippen molar-refractivity contribution in [1.82, 2.24) is 0 Å². The van der Waals surface area contributed by atoms with E-state index in [1.807, 2.05) is 13.0 Å². The fourth-order valence-electron chi connectivity index (χ4n) is 0.698. The number of benzene rings is 1. The molecule has 0 saturated heterocycles. The van der Waals surface area contributed by atoms with Crippen LogP contribution >= 0.6 is 0 Å². The maximum absolute atomic E-state index is 12.6. The lowest BCUT2D eigenvalue weighted by atomic mass is 10.2. The third-order valence-electron chi connectivity index (χ3n) is 1.33. The zero-order valence-electron chi connectivity index (χ0n) is 9.61. The third-order valence-corrected chi connectivity index (χ3v) is 1.33. The van der Waals surface area contributed by atoms with Crippen LogP contribution in [0.2, 0.25) is 0 Å². The predicted molar refractivity (Wildman–Crippen MR) is 42.2 cm³/mol. The second-order valence-electron chi connectivity index (χ2n) is 2.25. The molecule has 1 aromatic carbocycles. The molecule has 0 fully saturated rings. The van der Waals surface area contributed by atoms with E-state index in [2.05, 4.69) is 0 Å². The topological polar surface area (TPSA) is 0 Å². The largest absolute Gasteiger partial charge is 0.207 e. The van der Waals surface area contributed by atoms with E-state index in [4.69, 9.17) is 5.94 Å². The van der Waals surface area contributed by atoms with Gasteiger partial charge in [-0.15, -0.1) is 0 Å². The molecule has 0 nitrogen and oxygen atoms in total. The summed E-state index contributed by atoms with van der Waals surface area (Å²) < 4.78 is 32.6. The minimum absolute atomic E-state index is 0. The van der Waals surface area contributed by atoms with Crippen LogP contribution in [0.4, 0.5) is 4.39 Å². The summed E-state index contributed by atoms with van der Waals surface area (Å²) in [7, 11) is 0. The Hall–Kier alpha value is -0.850. The summed E-state index contributed by atoms with van der Waals surface area (Å²) >= 11 is 0. The molecule has 9 heavy (non-hydrogen) atoms. The van der Waals surface area contributed by atoms with Crippen molar-refractivity contribution >= 4 is 0 Å². The zero-order valence-corrected chi connectivity index (χ0v) is 5.61. The lowest BCUT2D eigenvalue weighted by molar-refractivity contribution is 0.617. The van der Waals surface area contributed by atoms with Gasteiger partial charge in [-0.2, -0.15) is 0 Å². The van der Waals surface area contributed by atoms with Crippen molar-refractivity contribution in [2.45, 2.75) is 13.8 Å². The van der Waals surface area contributed by atoms with Crippen molar-refractivity contribution in [1.29, 1.82) is 0 Å². The first-order valence-electron chi connectivity index (χ1n) is 4.93. The molecule has 1 aromatic rings. The molecular weight excluding hydrogens is 115 g/mol. The van der Waals surface area contributed by atoms with Gasteiger partial charge >= 0.3 is 0 Å². The maximum atomic E-state index is 12.6. The Balaban J connectivity index is -0.000000216. The Labute approximate surface area is 62.0 Å². The van der Waals surface area contributed by atoms with E-state index in [1.165, 1.54) is 6.07 Å². The molecule has 0 saturated carbocycles. The van der Waals surface area contributed by atoms with Crippen LogP contribution in [0.15, 0.2) is 18.2 Å². The molecule has 0 heterocycles. The monoisotopic (exact) mass is 135 g/mol. The van der Waals surface area contributed by atoms with Crippen molar-refractivity contribution < 1.29 is 11.8 Å². The van der Waals surface area contributed by atoms with E-state index in [0.29, 0.717) is 5.56 Å². The highest BCUT2D eigenvalue weighted by Gasteiger charge is 1.93. The molecule has 0 unspecified atom stereocenters. The predicted octanol–water partition coefficient (Wildman–Crippen LogP) is 3.18. The molecule has 0 aromatic heterocycles. The van der Waals surface area contributed by atoms with Gasteiger partial charge < -0.3 is 0 Å². The van der Waals surface area contributed by atoms with Crippen LogP contribution < -0.4 is 0 Å². The number of rotatable bonds is 0. The molecular formula is C8H15F. The normalized spacial score (nSPS) is 11.4. The molecule has 0 aliphatic carbocycles. The van der Waals surface area contributed by atoms with Crippen molar-refractivity contribution in [3.8, 4) is 0 Å². The summed E-state index contributed by atoms with van der Waals surface area (Å²) in [5.74, 6) is -0.116. The Morgan fingerprint density at radius 1 is 1.44 bits per heavy atom. The minimum Gasteiger partial charge on any atom is -0.207 e. The van der Waals surface area contributed by atoms with Crippen LogP contribution in [0.1, 0.15) is 18.5 Å². The maximum Gasteiger partial charge on any atom is 0.126 e. The van der Waals surface area contributed by atoms with Gasteiger partial charge in [-0.1, -0.05) is 12.1 Å². The Bertz CT molecular complexity index is 229. The molecule has 0 atom stereocenters. The molecule has 0 aliphatic rings. The molecule has 1 heteroatoms. The van der Waals surface area contributed by atoms with E-state index >= 15 is 0 Å². The Morgan fingerprint density at radius 2 is 2.11 bits per heavy atom. The third kappa shape index (κ3) is 1.28. The van der Waals surface area contributed by atoms with E-state index in [0.717, 1.165) is 5.56 Å². The van der Waals surface area contributed by atoms with Gasteiger partial charge in [0.1, 0.15) is 5.82 Å². The van der Waals surface area contributed by atoms with E-state index < -0.39 is 0 Å². The molecule has 0 N–H and O–H groups in total. The van der Waals surface area contributed by atoms with Crippen LogP contribution in [0, 0.1) is 19.7 Å². The first-order chi connectivity index (χ1) is 6.20. The number of halogens is 1.